The third-order valence-electron chi connectivity index (χ3n) is 3.32. The van der Waals surface area contributed by atoms with Crippen molar-refractivity contribution in [1.82, 2.24) is 14.5 Å². The molecule has 0 unspecified atom stereocenters. The first-order valence-electron chi connectivity index (χ1n) is 6.68. The van der Waals surface area contributed by atoms with Crippen LogP contribution in [-0.4, -0.2) is 33.4 Å². The number of carbonyl (C=O) groups excluding carboxylic acids is 1. The highest BCUT2D eigenvalue weighted by Crippen LogP contribution is 2.31. The molecule has 0 fully saturated rings. The Bertz CT molecular complexity index is 644. The lowest BCUT2D eigenvalue weighted by Gasteiger charge is -2.20. The number of fused-ring (bicyclic) bond motifs is 1. The van der Waals surface area contributed by atoms with E-state index in [-0.39, 0.29) is 18.0 Å². The highest BCUT2D eigenvalue weighted by Gasteiger charge is 2.38. The van der Waals surface area contributed by atoms with Gasteiger partial charge in [-0.2, -0.15) is 13.2 Å². The number of para-hydroxylation sites is 2. The lowest BCUT2D eigenvalue weighted by atomic mass is 10.3. The molecule has 114 valence electrons. The second kappa shape index (κ2) is 5.75. The van der Waals surface area contributed by atoms with Gasteiger partial charge in [-0.25, -0.2) is 4.98 Å². The first-order valence-corrected chi connectivity index (χ1v) is 6.68. The Labute approximate surface area is 120 Å². The quantitative estimate of drug-likeness (QED) is 0.870. The molecule has 1 amide bonds. The van der Waals surface area contributed by atoms with Crippen LogP contribution in [-0.2, 0) is 17.5 Å². The van der Waals surface area contributed by atoms with Crippen molar-refractivity contribution in [3.05, 3.63) is 30.1 Å². The minimum absolute atomic E-state index is 0.233. The third-order valence-corrected chi connectivity index (χ3v) is 3.32. The summed E-state index contributed by atoms with van der Waals surface area (Å²) in [4.78, 5) is 17.2. The number of carbonyl (C=O) groups is 1. The average Bonchev–Trinajstić information content (AvgIpc) is 2.79. The van der Waals surface area contributed by atoms with Crippen molar-refractivity contribution in [2.24, 2.45) is 0 Å². The van der Waals surface area contributed by atoms with E-state index < -0.39 is 12.0 Å². The maximum absolute atomic E-state index is 13.1. The van der Waals surface area contributed by atoms with E-state index in [1.165, 1.54) is 17.0 Å². The molecule has 0 bridgehead atoms. The third kappa shape index (κ3) is 3.01. The minimum atomic E-state index is -4.59. The van der Waals surface area contributed by atoms with Crippen molar-refractivity contribution in [3.63, 3.8) is 0 Å². The fourth-order valence-corrected chi connectivity index (χ4v) is 2.26. The molecule has 21 heavy (non-hydrogen) atoms. The van der Waals surface area contributed by atoms with Gasteiger partial charge in [-0.15, -0.1) is 0 Å². The molecule has 0 aliphatic rings. The van der Waals surface area contributed by atoms with Gasteiger partial charge in [0.05, 0.1) is 11.0 Å². The largest absolute Gasteiger partial charge is 0.449 e. The highest BCUT2D eigenvalue weighted by molar-refractivity contribution is 5.81. The highest BCUT2D eigenvalue weighted by atomic mass is 19.4. The second-order valence-corrected chi connectivity index (χ2v) is 4.57. The van der Waals surface area contributed by atoms with Crippen molar-refractivity contribution in [1.29, 1.82) is 0 Å². The fraction of sp³-hybridized carbons (Fsp3) is 0.429. The number of hydrogen-bond donors (Lipinski definition) is 0. The van der Waals surface area contributed by atoms with Gasteiger partial charge in [0.2, 0.25) is 11.7 Å². The summed E-state index contributed by atoms with van der Waals surface area (Å²) in [5, 5.41) is 0. The molecule has 0 radical (unpaired) electrons. The first-order chi connectivity index (χ1) is 9.88. The van der Waals surface area contributed by atoms with Crippen molar-refractivity contribution in [3.8, 4) is 0 Å². The number of amides is 1. The number of alkyl halides is 3. The summed E-state index contributed by atoms with van der Waals surface area (Å²) in [6.45, 7) is 4.14. The molecule has 0 saturated heterocycles. The van der Waals surface area contributed by atoms with Crippen LogP contribution >= 0.6 is 0 Å². The molecule has 0 N–H and O–H groups in total. The number of benzene rings is 1. The van der Waals surface area contributed by atoms with Gasteiger partial charge in [-0.3, -0.25) is 4.79 Å². The Morgan fingerprint density at radius 3 is 2.43 bits per heavy atom. The number of rotatable bonds is 4. The van der Waals surface area contributed by atoms with E-state index in [4.69, 9.17) is 0 Å². The number of hydrogen-bond acceptors (Lipinski definition) is 2. The molecular weight excluding hydrogens is 283 g/mol. The zero-order valence-corrected chi connectivity index (χ0v) is 11.8. The van der Waals surface area contributed by atoms with E-state index in [0.29, 0.717) is 18.6 Å². The van der Waals surface area contributed by atoms with E-state index in [2.05, 4.69) is 4.98 Å². The Hall–Kier alpha value is -2.05. The first kappa shape index (κ1) is 15.3. The lowest BCUT2D eigenvalue weighted by molar-refractivity contribution is -0.148. The van der Waals surface area contributed by atoms with Crippen LogP contribution in [0, 0.1) is 0 Å². The minimum Gasteiger partial charge on any atom is -0.342 e. The summed E-state index contributed by atoms with van der Waals surface area (Å²) in [6.07, 6.45) is -4.59. The smallest absolute Gasteiger partial charge is 0.342 e. The monoisotopic (exact) mass is 299 g/mol. The van der Waals surface area contributed by atoms with Gasteiger partial charge in [0.25, 0.3) is 0 Å². The van der Waals surface area contributed by atoms with Crippen LogP contribution in [0.15, 0.2) is 24.3 Å². The van der Waals surface area contributed by atoms with Gasteiger partial charge in [0.15, 0.2) is 0 Å². The molecule has 7 heteroatoms. The van der Waals surface area contributed by atoms with Gasteiger partial charge < -0.3 is 9.47 Å². The van der Waals surface area contributed by atoms with E-state index in [1.54, 1.807) is 26.0 Å². The Morgan fingerprint density at radius 1 is 1.24 bits per heavy atom. The Balaban J connectivity index is 2.48. The predicted molar refractivity (Wildman–Crippen MR) is 72.7 cm³/mol. The molecule has 0 atom stereocenters. The van der Waals surface area contributed by atoms with Crippen molar-refractivity contribution < 1.29 is 18.0 Å². The number of halogens is 3. The second-order valence-electron chi connectivity index (χ2n) is 4.57. The summed E-state index contributed by atoms with van der Waals surface area (Å²) in [6, 6.07) is 6.28. The molecule has 1 heterocycles. The van der Waals surface area contributed by atoms with Gasteiger partial charge in [-0.1, -0.05) is 12.1 Å². The van der Waals surface area contributed by atoms with Crippen LogP contribution in [0.25, 0.3) is 11.0 Å². The van der Waals surface area contributed by atoms with Crippen LogP contribution in [0.5, 0.6) is 0 Å². The van der Waals surface area contributed by atoms with Crippen molar-refractivity contribution in [2.45, 2.75) is 26.6 Å². The number of likely N-dealkylation sites (N-methyl/N-ethyl adjacent to an activating group) is 1. The average molecular weight is 299 g/mol. The molecule has 0 aliphatic carbocycles. The summed E-state index contributed by atoms with van der Waals surface area (Å²) < 4.78 is 40.2. The summed E-state index contributed by atoms with van der Waals surface area (Å²) in [5.74, 6) is -1.39. The molecule has 0 aliphatic heterocycles. The Kier molecular flexibility index (Phi) is 4.20. The van der Waals surface area contributed by atoms with Crippen LogP contribution in [0.3, 0.4) is 0 Å². The topological polar surface area (TPSA) is 38.1 Å². The van der Waals surface area contributed by atoms with Crippen molar-refractivity contribution in [2.75, 3.05) is 13.1 Å². The number of imidazole rings is 1. The van der Waals surface area contributed by atoms with Crippen LogP contribution in [0.2, 0.25) is 0 Å². The molecule has 1 aromatic carbocycles. The summed E-state index contributed by atoms with van der Waals surface area (Å²) >= 11 is 0. The molecule has 2 aromatic rings. The standard InChI is InChI=1S/C14H16F3N3O/c1-3-19(4-2)12(21)9-20-11-8-6-5-7-10(11)18-13(20)14(15,16)17/h5-8H,3-4,9H2,1-2H3. The molecule has 0 saturated carbocycles. The maximum atomic E-state index is 13.1. The van der Waals surface area contributed by atoms with E-state index in [1.807, 2.05) is 0 Å². The van der Waals surface area contributed by atoms with Gasteiger partial charge in [0, 0.05) is 13.1 Å². The predicted octanol–water partition coefficient (Wildman–Crippen LogP) is 2.92. The lowest BCUT2D eigenvalue weighted by Crippen LogP contribution is -2.34. The molecule has 4 nitrogen and oxygen atoms in total. The van der Waals surface area contributed by atoms with Crippen molar-refractivity contribution >= 4 is 16.9 Å². The van der Waals surface area contributed by atoms with Crippen LogP contribution in [0.4, 0.5) is 13.2 Å². The molecule has 0 spiro atoms. The SMILES string of the molecule is CCN(CC)C(=O)Cn1c(C(F)(F)F)nc2ccccc21. The fourth-order valence-electron chi connectivity index (χ4n) is 2.26. The van der Waals surface area contributed by atoms with Gasteiger partial charge in [0.1, 0.15) is 6.54 Å². The summed E-state index contributed by atoms with van der Waals surface area (Å²) in [5.41, 5.74) is 0.544. The number of nitrogens with zero attached hydrogens (tertiary/aromatic N) is 3. The normalized spacial score (nSPS) is 11.9. The number of aromatic nitrogens is 2. The molecular formula is C14H16F3N3O. The molecule has 1 aromatic heterocycles. The van der Waals surface area contributed by atoms with Gasteiger partial charge in [-0.05, 0) is 26.0 Å². The van der Waals surface area contributed by atoms with E-state index in [9.17, 15) is 18.0 Å². The van der Waals surface area contributed by atoms with Crippen LogP contribution in [0.1, 0.15) is 19.7 Å². The zero-order chi connectivity index (χ0) is 15.6. The Morgan fingerprint density at radius 2 is 1.86 bits per heavy atom. The summed E-state index contributed by atoms with van der Waals surface area (Å²) in [7, 11) is 0. The zero-order valence-electron chi connectivity index (χ0n) is 11.8. The van der Waals surface area contributed by atoms with Gasteiger partial charge >= 0.3 is 6.18 Å². The van der Waals surface area contributed by atoms with E-state index in [0.717, 1.165) is 4.57 Å². The van der Waals surface area contributed by atoms with Crippen LogP contribution < -0.4 is 0 Å². The maximum Gasteiger partial charge on any atom is 0.449 e. The molecule has 2 rings (SSSR count). The van der Waals surface area contributed by atoms with E-state index >= 15 is 0 Å².